The normalized spacial score (nSPS) is 23.0. The Bertz CT molecular complexity index is 552. The van der Waals surface area contributed by atoms with E-state index in [2.05, 4.69) is 0 Å². The number of hydrogen-bond donors (Lipinski definition) is 0. The fourth-order valence-electron chi connectivity index (χ4n) is 2.98. The SMILES string of the molecule is CCOC1(OCC)CC[C@H](C(=O)SCC)[C@@H](/C=C/c2ccccc2)O1. The largest absolute Gasteiger partial charge is 0.328 e. The molecule has 2 rings (SSSR count). The zero-order chi connectivity index (χ0) is 18.1. The standard InChI is InChI=1S/C20H28O4S/c1-4-22-20(23-5-2)15-14-17(19(21)25-6-3)18(24-20)13-12-16-10-8-7-9-11-16/h7-13,17-18H,4-6,14-15H2,1-3H3/b13-12+/t17-,18+/m0/s1. The van der Waals surface area contributed by atoms with Gasteiger partial charge in [-0.2, -0.15) is 0 Å². The highest BCUT2D eigenvalue weighted by Gasteiger charge is 2.45. The van der Waals surface area contributed by atoms with Crippen LogP contribution in [0.2, 0.25) is 0 Å². The second-order valence-corrected chi connectivity index (χ2v) is 7.07. The zero-order valence-corrected chi connectivity index (χ0v) is 16.1. The summed E-state index contributed by atoms with van der Waals surface area (Å²) in [6, 6.07) is 10.0. The van der Waals surface area contributed by atoms with E-state index < -0.39 is 5.97 Å². The maximum atomic E-state index is 12.5. The Hall–Kier alpha value is -1.14. The lowest BCUT2D eigenvalue weighted by Crippen LogP contribution is -2.49. The van der Waals surface area contributed by atoms with Crippen LogP contribution in [0, 0.1) is 5.92 Å². The molecule has 25 heavy (non-hydrogen) atoms. The van der Waals surface area contributed by atoms with Crippen LogP contribution in [-0.4, -0.2) is 36.2 Å². The van der Waals surface area contributed by atoms with Gasteiger partial charge in [-0.25, -0.2) is 0 Å². The fourth-order valence-corrected chi connectivity index (χ4v) is 3.73. The van der Waals surface area contributed by atoms with E-state index in [1.165, 1.54) is 11.8 Å². The Morgan fingerprint density at radius 1 is 1.24 bits per heavy atom. The van der Waals surface area contributed by atoms with E-state index in [-0.39, 0.29) is 17.1 Å². The van der Waals surface area contributed by atoms with Gasteiger partial charge in [-0.1, -0.05) is 61.2 Å². The first-order chi connectivity index (χ1) is 12.1. The average molecular weight is 365 g/mol. The van der Waals surface area contributed by atoms with Gasteiger partial charge in [0.2, 0.25) is 0 Å². The van der Waals surface area contributed by atoms with Gasteiger partial charge >= 0.3 is 0 Å². The topological polar surface area (TPSA) is 44.8 Å². The zero-order valence-electron chi connectivity index (χ0n) is 15.3. The van der Waals surface area contributed by atoms with E-state index >= 15 is 0 Å². The monoisotopic (exact) mass is 364 g/mol. The predicted molar refractivity (Wildman–Crippen MR) is 102 cm³/mol. The molecule has 0 bridgehead atoms. The van der Waals surface area contributed by atoms with Crippen LogP contribution in [0.4, 0.5) is 0 Å². The molecule has 5 heteroatoms. The quantitative estimate of drug-likeness (QED) is 0.636. The van der Waals surface area contributed by atoms with Crippen LogP contribution in [0.15, 0.2) is 36.4 Å². The summed E-state index contributed by atoms with van der Waals surface area (Å²) >= 11 is 1.36. The van der Waals surface area contributed by atoms with Crippen molar-refractivity contribution in [3.63, 3.8) is 0 Å². The van der Waals surface area contributed by atoms with Gasteiger partial charge in [0.05, 0.1) is 12.0 Å². The number of carbonyl (C=O) groups excluding carboxylic acids is 1. The summed E-state index contributed by atoms with van der Waals surface area (Å²) in [7, 11) is 0. The van der Waals surface area contributed by atoms with Crippen LogP contribution in [0.1, 0.15) is 39.2 Å². The summed E-state index contributed by atoms with van der Waals surface area (Å²) in [5.74, 6) is -0.464. The number of rotatable bonds is 8. The smallest absolute Gasteiger partial charge is 0.283 e. The molecular formula is C20H28O4S. The lowest BCUT2D eigenvalue weighted by Gasteiger charge is -2.42. The molecule has 0 amide bonds. The molecule has 0 spiro atoms. The Kier molecular flexibility index (Phi) is 8.16. The third-order valence-electron chi connectivity index (χ3n) is 4.07. The van der Waals surface area contributed by atoms with Crippen molar-refractivity contribution in [1.82, 2.24) is 0 Å². The van der Waals surface area contributed by atoms with E-state index in [9.17, 15) is 4.79 Å². The number of thioether (sulfide) groups is 1. The van der Waals surface area contributed by atoms with Crippen molar-refractivity contribution in [2.24, 2.45) is 5.92 Å². The van der Waals surface area contributed by atoms with Gasteiger partial charge in [-0.05, 0) is 31.6 Å². The summed E-state index contributed by atoms with van der Waals surface area (Å²) in [6.45, 7) is 6.83. The number of benzene rings is 1. The van der Waals surface area contributed by atoms with E-state index in [1.54, 1.807) is 0 Å². The van der Waals surface area contributed by atoms with Crippen molar-refractivity contribution in [2.45, 2.75) is 45.7 Å². The molecule has 0 N–H and O–H groups in total. The molecule has 1 heterocycles. The molecule has 1 aliphatic heterocycles. The Morgan fingerprint density at radius 2 is 1.92 bits per heavy atom. The summed E-state index contributed by atoms with van der Waals surface area (Å²) in [6.07, 6.45) is 4.84. The van der Waals surface area contributed by atoms with Crippen molar-refractivity contribution in [1.29, 1.82) is 0 Å². The molecule has 0 aromatic heterocycles. The molecule has 0 aliphatic carbocycles. The molecule has 1 saturated heterocycles. The summed E-state index contributed by atoms with van der Waals surface area (Å²) in [4.78, 5) is 12.5. The molecule has 0 unspecified atom stereocenters. The Balaban J connectivity index is 2.21. The van der Waals surface area contributed by atoms with Crippen LogP contribution in [0.25, 0.3) is 6.08 Å². The Morgan fingerprint density at radius 3 is 2.52 bits per heavy atom. The molecule has 1 aliphatic rings. The van der Waals surface area contributed by atoms with Gasteiger partial charge < -0.3 is 14.2 Å². The van der Waals surface area contributed by atoms with Crippen LogP contribution < -0.4 is 0 Å². The number of ether oxygens (including phenoxy) is 3. The minimum absolute atomic E-state index is 0.173. The van der Waals surface area contributed by atoms with E-state index in [0.29, 0.717) is 26.1 Å². The summed E-state index contributed by atoms with van der Waals surface area (Å²) in [5, 5.41) is 0.173. The van der Waals surface area contributed by atoms with Crippen LogP contribution >= 0.6 is 11.8 Å². The van der Waals surface area contributed by atoms with Crippen molar-refractivity contribution >= 4 is 23.0 Å². The first kappa shape index (κ1) is 20.2. The minimum atomic E-state index is -1.05. The lowest BCUT2D eigenvalue weighted by atomic mass is 9.93. The van der Waals surface area contributed by atoms with Crippen molar-refractivity contribution in [2.75, 3.05) is 19.0 Å². The van der Waals surface area contributed by atoms with E-state index in [0.717, 1.165) is 11.3 Å². The molecule has 1 aromatic carbocycles. The number of hydrogen-bond acceptors (Lipinski definition) is 5. The van der Waals surface area contributed by atoms with Crippen LogP contribution in [0.3, 0.4) is 0 Å². The van der Waals surface area contributed by atoms with Crippen molar-refractivity contribution in [3.8, 4) is 0 Å². The Labute approximate surface area is 154 Å². The third kappa shape index (κ3) is 5.68. The van der Waals surface area contributed by atoms with Gasteiger partial charge in [0, 0.05) is 19.6 Å². The van der Waals surface area contributed by atoms with Gasteiger partial charge in [0.25, 0.3) is 5.97 Å². The highest BCUT2D eigenvalue weighted by molar-refractivity contribution is 8.13. The van der Waals surface area contributed by atoms with Gasteiger partial charge in [0.15, 0.2) is 5.12 Å². The molecule has 138 valence electrons. The van der Waals surface area contributed by atoms with Gasteiger partial charge in [-0.15, -0.1) is 0 Å². The first-order valence-corrected chi connectivity index (χ1v) is 9.98. The second-order valence-electron chi connectivity index (χ2n) is 5.80. The van der Waals surface area contributed by atoms with Gasteiger partial charge in [0.1, 0.15) is 0 Å². The second kappa shape index (κ2) is 10.1. The highest BCUT2D eigenvalue weighted by atomic mass is 32.2. The molecular weight excluding hydrogens is 336 g/mol. The lowest BCUT2D eigenvalue weighted by molar-refractivity contribution is -0.404. The molecule has 1 fully saturated rings. The van der Waals surface area contributed by atoms with E-state index in [4.69, 9.17) is 14.2 Å². The van der Waals surface area contributed by atoms with Crippen LogP contribution in [-0.2, 0) is 19.0 Å². The fraction of sp³-hybridized carbons (Fsp3) is 0.550. The van der Waals surface area contributed by atoms with Crippen LogP contribution in [0.5, 0.6) is 0 Å². The minimum Gasteiger partial charge on any atom is -0.328 e. The molecule has 0 saturated carbocycles. The third-order valence-corrected chi connectivity index (χ3v) is 4.95. The molecule has 1 aromatic rings. The maximum Gasteiger partial charge on any atom is 0.283 e. The van der Waals surface area contributed by atoms with Gasteiger partial charge in [-0.3, -0.25) is 4.79 Å². The average Bonchev–Trinajstić information content (AvgIpc) is 2.61. The molecule has 2 atom stereocenters. The van der Waals surface area contributed by atoms with Crippen molar-refractivity contribution in [3.05, 3.63) is 42.0 Å². The molecule has 4 nitrogen and oxygen atoms in total. The first-order valence-electron chi connectivity index (χ1n) is 8.99. The highest BCUT2D eigenvalue weighted by Crippen LogP contribution is 2.37. The van der Waals surface area contributed by atoms with Crippen molar-refractivity contribution < 1.29 is 19.0 Å². The summed E-state index contributed by atoms with van der Waals surface area (Å²) in [5.41, 5.74) is 1.07. The maximum absolute atomic E-state index is 12.5. The predicted octanol–water partition coefficient (Wildman–Crippen LogP) is 4.50. The number of carbonyl (C=O) groups is 1. The van der Waals surface area contributed by atoms with E-state index in [1.807, 2.05) is 63.3 Å². The summed E-state index contributed by atoms with van der Waals surface area (Å²) < 4.78 is 17.8. The molecule has 0 radical (unpaired) electrons.